The predicted molar refractivity (Wildman–Crippen MR) is 34.9 cm³/mol. The number of aliphatic hydroxyl groups excluding tert-OH is 4. The quantitative estimate of drug-likeness (QED) is 0.329. The first-order valence-electron chi connectivity index (χ1n) is 2.73. The van der Waals surface area contributed by atoms with Crippen LogP contribution in [0.25, 0.3) is 0 Å². The van der Waals surface area contributed by atoms with Gasteiger partial charge in [-0.05, 0) is 6.92 Å². The van der Waals surface area contributed by atoms with Crippen molar-refractivity contribution >= 4 is 0 Å². The summed E-state index contributed by atoms with van der Waals surface area (Å²) < 4.78 is 0. The number of hydrogen-bond acceptors (Lipinski definition) is 5. The Morgan fingerprint density at radius 3 is 1.27 bits per heavy atom. The molecule has 6 heteroatoms. The fraction of sp³-hybridized carbons (Fsp3) is 1.00. The molecule has 11 heavy (non-hydrogen) atoms. The van der Waals surface area contributed by atoms with Crippen LogP contribution < -0.4 is 51.4 Å². The maximum Gasteiger partial charge on any atom is 1.00 e. The second-order valence-electron chi connectivity index (χ2n) is 1.34. The summed E-state index contributed by atoms with van der Waals surface area (Å²) in [6.45, 7) is 1.20. The number of rotatable bonds is 2. The summed E-state index contributed by atoms with van der Waals surface area (Å²) in [5.74, 6) is 0. The average molecular weight is 194 g/mol. The van der Waals surface area contributed by atoms with Gasteiger partial charge in [-0.2, -0.15) is 0 Å². The molecule has 66 valence electrons. The van der Waals surface area contributed by atoms with E-state index < -0.39 is 6.10 Å². The van der Waals surface area contributed by atoms with Crippen molar-refractivity contribution in [2.45, 2.75) is 13.0 Å². The smallest absolute Gasteiger partial charge is 0.870 e. The Bertz CT molecular complexity index is 41.9. The Balaban J connectivity index is -0.0000000437. The van der Waals surface area contributed by atoms with Crippen LogP contribution in [0.5, 0.6) is 0 Å². The monoisotopic (exact) mass is 194 g/mol. The maximum absolute atomic E-state index is 8.17. The zero-order valence-corrected chi connectivity index (χ0v) is 10.1. The topological polar surface area (TPSA) is 111 Å². The zero-order valence-electron chi connectivity index (χ0n) is 6.93. The molecule has 0 rings (SSSR count). The van der Waals surface area contributed by atoms with Crippen LogP contribution in [0.15, 0.2) is 0 Å². The summed E-state index contributed by atoms with van der Waals surface area (Å²) in [6, 6.07) is 0. The van der Waals surface area contributed by atoms with Crippen LogP contribution in [0.2, 0.25) is 0 Å². The summed E-state index contributed by atoms with van der Waals surface area (Å²) in [7, 11) is 0. The van der Waals surface area contributed by atoms with Gasteiger partial charge in [-0.3, -0.25) is 0 Å². The summed E-state index contributed by atoms with van der Waals surface area (Å²) in [5, 5.41) is 31.6. The third-order valence-corrected chi connectivity index (χ3v) is 0.421. The Hall–Kier alpha value is 1.44. The summed E-state index contributed by atoms with van der Waals surface area (Å²) >= 11 is 0. The number of hydrogen-bond donors (Lipinski definition) is 4. The molecule has 0 radical (unpaired) electrons. The van der Waals surface area contributed by atoms with Gasteiger partial charge in [0.25, 0.3) is 0 Å². The van der Waals surface area contributed by atoms with Crippen LogP contribution in [-0.2, 0) is 0 Å². The zero-order chi connectivity index (χ0) is 7.70. The Morgan fingerprint density at radius 1 is 1.09 bits per heavy atom. The Labute approximate surface area is 109 Å². The van der Waals surface area contributed by atoms with E-state index >= 15 is 0 Å². The van der Waals surface area contributed by atoms with Crippen molar-refractivity contribution in [2.24, 2.45) is 0 Å². The SMILES string of the molecule is CCO.OCC(O)CO.[K+].[OH-]. The minimum absolute atomic E-state index is 0. The standard InChI is InChI=1S/C3H8O3.C2H6O.K.H2O/c4-1-3(6)2-5;1-2-3;;/h3-6H,1-2H2;3H,2H2,1H3;;1H2/q;;+1;/p-1. The second kappa shape index (κ2) is 22.5. The van der Waals surface area contributed by atoms with Gasteiger partial charge in [-0.1, -0.05) is 0 Å². The molecule has 0 heterocycles. The molecule has 0 aromatic carbocycles. The van der Waals surface area contributed by atoms with Crippen LogP contribution in [0.3, 0.4) is 0 Å². The first-order chi connectivity index (χ1) is 4.22. The van der Waals surface area contributed by atoms with Gasteiger partial charge in [0.1, 0.15) is 6.10 Å². The summed E-state index contributed by atoms with van der Waals surface area (Å²) in [4.78, 5) is 0. The van der Waals surface area contributed by atoms with Crippen molar-refractivity contribution in [3.8, 4) is 0 Å². The van der Waals surface area contributed by atoms with Gasteiger partial charge in [-0.15, -0.1) is 0 Å². The van der Waals surface area contributed by atoms with E-state index in [0.717, 1.165) is 0 Å². The van der Waals surface area contributed by atoms with E-state index in [2.05, 4.69) is 0 Å². The van der Waals surface area contributed by atoms with Crippen molar-refractivity contribution in [3.63, 3.8) is 0 Å². The molecule has 0 aliphatic carbocycles. The van der Waals surface area contributed by atoms with Crippen LogP contribution >= 0.6 is 0 Å². The van der Waals surface area contributed by atoms with Crippen molar-refractivity contribution in [1.29, 1.82) is 0 Å². The molecule has 0 saturated carbocycles. The molecule has 5 N–H and O–H groups in total. The molecule has 0 aliphatic rings. The third kappa shape index (κ3) is 34.5. The van der Waals surface area contributed by atoms with Crippen molar-refractivity contribution in [2.75, 3.05) is 19.8 Å². The van der Waals surface area contributed by atoms with Gasteiger partial charge in [0, 0.05) is 6.61 Å². The van der Waals surface area contributed by atoms with E-state index in [1.807, 2.05) is 0 Å². The van der Waals surface area contributed by atoms with Gasteiger partial charge < -0.3 is 25.9 Å². The molecule has 0 unspecified atom stereocenters. The molecule has 0 saturated heterocycles. The minimum atomic E-state index is -0.954. The van der Waals surface area contributed by atoms with Crippen LogP contribution in [0, 0.1) is 0 Å². The molecule has 0 spiro atoms. The van der Waals surface area contributed by atoms with E-state index in [1.165, 1.54) is 0 Å². The van der Waals surface area contributed by atoms with Gasteiger partial charge in [0.2, 0.25) is 0 Å². The largest absolute Gasteiger partial charge is 1.00 e. The van der Waals surface area contributed by atoms with E-state index in [4.69, 9.17) is 20.4 Å². The summed E-state index contributed by atoms with van der Waals surface area (Å²) in [5.41, 5.74) is 0. The average Bonchev–Trinajstić information content (AvgIpc) is 1.88. The fourth-order valence-corrected chi connectivity index (χ4v) is 0.0577. The van der Waals surface area contributed by atoms with Crippen LogP contribution in [0.4, 0.5) is 0 Å². The molecule has 0 aromatic heterocycles. The second-order valence-corrected chi connectivity index (χ2v) is 1.34. The van der Waals surface area contributed by atoms with Gasteiger partial charge in [0.15, 0.2) is 0 Å². The molecule has 0 aromatic rings. The Morgan fingerprint density at radius 2 is 1.27 bits per heavy atom. The molecule has 0 atom stereocenters. The number of aliphatic hydroxyl groups is 4. The molecule has 0 fully saturated rings. The van der Waals surface area contributed by atoms with E-state index in [-0.39, 0.29) is 76.7 Å². The first-order valence-corrected chi connectivity index (χ1v) is 2.73. The minimum Gasteiger partial charge on any atom is -0.870 e. The molecular formula is C5H15KO5. The predicted octanol–water partition coefficient (Wildman–Crippen LogP) is -4.84. The molecular weight excluding hydrogens is 179 g/mol. The maximum atomic E-state index is 8.17. The van der Waals surface area contributed by atoms with E-state index in [0.29, 0.717) is 0 Å². The van der Waals surface area contributed by atoms with Gasteiger partial charge in [-0.25, -0.2) is 0 Å². The molecule has 5 nitrogen and oxygen atoms in total. The molecule has 0 aliphatic heterocycles. The van der Waals surface area contributed by atoms with Crippen LogP contribution in [-0.4, -0.2) is 51.8 Å². The molecule has 0 bridgehead atoms. The normalized spacial score (nSPS) is 7.09. The van der Waals surface area contributed by atoms with Crippen molar-refractivity contribution in [1.82, 2.24) is 0 Å². The van der Waals surface area contributed by atoms with E-state index in [9.17, 15) is 0 Å². The van der Waals surface area contributed by atoms with Gasteiger partial charge in [0.05, 0.1) is 13.2 Å². The van der Waals surface area contributed by atoms with Crippen molar-refractivity contribution < 1.29 is 77.3 Å². The fourth-order valence-electron chi connectivity index (χ4n) is 0.0577. The van der Waals surface area contributed by atoms with E-state index in [1.54, 1.807) is 6.92 Å². The van der Waals surface area contributed by atoms with Crippen LogP contribution in [0.1, 0.15) is 6.92 Å². The molecule has 0 amide bonds. The Kier molecular flexibility index (Phi) is 46.8. The van der Waals surface area contributed by atoms with Crippen molar-refractivity contribution in [3.05, 3.63) is 0 Å². The first kappa shape index (κ1) is 22.9. The van der Waals surface area contributed by atoms with Gasteiger partial charge >= 0.3 is 51.4 Å². The third-order valence-electron chi connectivity index (χ3n) is 0.421. The summed E-state index contributed by atoms with van der Waals surface area (Å²) in [6.07, 6.45) is -0.954.